The molecule has 3 nitrogen and oxygen atoms in total. The minimum absolute atomic E-state index is 0.0901. The van der Waals surface area contributed by atoms with Crippen molar-refractivity contribution in [3.63, 3.8) is 0 Å². The maximum Gasteiger partial charge on any atom is 0.407 e. The fourth-order valence-corrected chi connectivity index (χ4v) is 4.52. The molecule has 28 heavy (non-hydrogen) atoms. The molecule has 0 bridgehead atoms. The Hall–Kier alpha value is -2.85. The van der Waals surface area contributed by atoms with Crippen molar-refractivity contribution in [1.29, 1.82) is 0 Å². The zero-order valence-corrected chi connectivity index (χ0v) is 16.7. The Morgan fingerprint density at radius 3 is 2.36 bits per heavy atom. The molecule has 4 heteroatoms. The molecule has 1 aromatic heterocycles. The van der Waals surface area contributed by atoms with Gasteiger partial charge in [0.1, 0.15) is 6.61 Å². The van der Waals surface area contributed by atoms with E-state index in [9.17, 15) is 4.79 Å². The number of carbonyl (C=O) groups excluding carboxylic acids is 1. The van der Waals surface area contributed by atoms with Crippen LogP contribution in [0, 0.1) is 0 Å². The fraction of sp³-hybridized carbons (Fsp3) is 0.208. The standard InChI is InChI=1S/C24H23NO2S/c1-2-17-13-14-18(28-17)8-7-15-25-24(26)27-16-23-21-11-5-3-9-19(21)20-10-4-6-12-22(20)23/h3-14,23H,2,15-16H2,1H3,(H,25,26). The molecule has 1 amide bonds. The Morgan fingerprint density at radius 1 is 1.04 bits per heavy atom. The van der Waals surface area contributed by atoms with Crippen molar-refractivity contribution in [1.82, 2.24) is 5.32 Å². The average molecular weight is 390 g/mol. The molecular weight excluding hydrogens is 366 g/mol. The molecule has 0 spiro atoms. The van der Waals surface area contributed by atoms with Gasteiger partial charge in [0.2, 0.25) is 0 Å². The third-order valence-electron chi connectivity index (χ3n) is 5.02. The predicted molar refractivity (Wildman–Crippen MR) is 116 cm³/mol. The number of hydrogen-bond acceptors (Lipinski definition) is 3. The number of ether oxygens (including phenoxy) is 1. The van der Waals surface area contributed by atoms with Gasteiger partial charge in [-0.3, -0.25) is 0 Å². The Kier molecular flexibility index (Phi) is 5.58. The molecule has 1 N–H and O–H groups in total. The number of rotatable bonds is 6. The van der Waals surface area contributed by atoms with Crippen molar-refractivity contribution in [2.75, 3.05) is 13.2 Å². The second kappa shape index (κ2) is 8.44. The van der Waals surface area contributed by atoms with E-state index in [0.29, 0.717) is 13.2 Å². The normalized spacial score (nSPS) is 12.8. The molecule has 1 aliphatic rings. The first-order valence-corrected chi connectivity index (χ1v) is 10.4. The lowest BCUT2D eigenvalue weighted by Gasteiger charge is -2.14. The molecule has 0 radical (unpaired) electrons. The number of aryl methyl sites for hydroxylation is 1. The molecule has 3 aromatic rings. The van der Waals surface area contributed by atoms with Crippen LogP contribution in [0.3, 0.4) is 0 Å². The highest BCUT2D eigenvalue weighted by Crippen LogP contribution is 2.44. The summed E-state index contributed by atoms with van der Waals surface area (Å²) in [6.07, 6.45) is 4.66. The highest BCUT2D eigenvalue weighted by molar-refractivity contribution is 7.12. The average Bonchev–Trinajstić information content (AvgIpc) is 3.32. The largest absolute Gasteiger partial charge is 0.449 e. The number of thiophene rings is 1. The van der Waals surface area contributed by atoms with E-state index in [2.05, 4.69) is 60.8 Å². The molecule has 142 valence electrons. The maximum atomic E-state index is 12.1. The maximum absolute atomic E-state index is 12.1. The summed E-state index contributed by atoms with van der Waals surface area (Å²) < 4.78 is 5.53. The van der Waals surface area contributed by atoms with E-state index in [4.69, 9.17) is 4.74 Å². The van der Waals surface area contributed by atoms with Crippen molar-refractivity contribution in [2.24, 2.45) is 0 Å². The van der Waals surface area contributed by atoms with E-state index >= 15 is 0 Å². The van der Waals surface area contributed by atoms with Gasteiger partial charge in [-0.15, -0.1) is 11.3 Å². The monoisotopic (exact) mass is 389 g/mol. The molecule has 2 aromatic carbocycles. The van der Waals surface area contributed by atoms with Gasteiger partial charge in [0.05, 0.1) is 0 Å². The minimum Gasteiger partial charge on any atom is -0.449 e. The highest BCUT2D eigenvalue weighted by Gasteiger charge is 2.28. The van der Waals surface area contributed by atoms with Gasteiger partial charge >= 0.3 is 6.09 Å². The van der Waals surface area contributed by atoms with Crippen molar-refractivity contribution < 1.29 is 9.53 Å². The predicted octanol–water partition coefficient (Wildman–Crippen LogP) is 5.86. The van der Waals surface area contributed by atoms with Gasteiger partial charge in [-0.1, -0.05) is 61.5 Å². The van der Waals surface area contributed by atoms with E-state index < -0.39 is 0 Å². The van der Waals surface area contributed by atoms with Gasteiger partial charge in [0, 0.05) is 22.2 Å². The fourth-order valence-electron chi connectivity index (χ4n) is 3.64. The molecule has 1 aliphatic carbocycles. The van der Waals surface area contributed by atoms with E-state index in [1.54, 1.807) is 11.3 Å². The Bertz CT molecular complexity index is 960. The van der Waals surface area contributed by atoms with Crippen LogP contribution in [0.25, 0.3) is 17.2 Å². The number of nitrogens with one attached hydrogen (secondary N) is 1. The minimum atomic E-state index is -0.382. The Morgan fingerprint density at radius 2 is 1.71 bits per heavy atom. The van der Waals surface area contributed by atoms with Gasteiger partial charge in [0.15, 0.2) is 0 Å². The van der Waals surface area contributed by atoms with Crippen LogP contribution in [0.1, 0.15) is 33.7 Å². The summed E-state index contributed by atoms with van der Waals surface area (Å²) >= 11 is 1.77. The SMILES string of the molecule is CCc1ccc(C=CCNC(=O)OCC2c3ccccc3-c3ccccc32)s1. The summed E-state index contributed by atoms with van der Waals surface area (Å²) in [6.45, 7) is 2.95. The van der Waals surface area contributed by atoms with Crippen LogP contribution in [-0.2, 0) is 11.2 Å². The van der Waals surface area contributed by atoms with Crippen LogP contribution < -0.4 is 5.32 Å². The first kappa shape index (κ1) is 18.5. The number of benzene rings is 2. The number of hydrogen-bond donors (Lipinski definition) is 1. The first-order valence-electron chi connectivity index (χ1n) is 9.60. The Labute approximate surface area is 169 Å². The Balaban J connectivity index is 1.32. The van der Waals surface area contributed by atoms with Gasteiger partial charge in [0.25, 0.3) is 0 Å². The van der Waals surface area contributed by atoms with Gasteiger partial charge in [-0.05, 0) is 46.9 Å². The zero-order valence-electron chi connectivity index (χ0n) is 15.9. The van der Waals surface area contributed by atoms with Crippen molar-refractivity contribution in [3.05, 3.63) is 87.6 Å². The lowest BCUT2D eigenvalue weighted by Crippen LogP contribution is -2.26. The van der Waals surface area contributed by atoms with Gasteiger partial charge < -0.3 is 10.1 Å². The third-order valence-corrected chi connectivity index (χ3v) is 6.22. The molecular formula is C24H23NO2S. The number of fused-ring (bicyclic) bond motifs is 3. The van der Waals surface area contributed by atoms with Crippen molar-refractivity contribution >= 4 is 23.5 Å². The first-order chi connectivity index (χ1) is 13.8. The van der Waals surface area contributed by atoms with Gasteiger partial charge in [-0.2, -0.15) is 0 Å². The van der Waals surface area contributed by atoms with Crippen LogP contribution in [0.5, 0.6) is 0 Å². The molecule has 0 atom stereocenters. The van der Waals surface area contributed by atoms with E-state index in [1.807, 2.05) is 24.3 Å². The van der Waals surface area contributed by atoms with Crippen LogP contribution in [-0.4, -0.2) is 19.2 Å². The summed E-state index contributed by atoms with van der Waals surface area (Å²) in [5, 5.41) is 2.80. The summed E-state index contributed by atoms with van der Waals surface area (Å²) in [7, 11) is 0. The summed E-state index contributed by atoms with van der Waals surface area (Å²) in [5.41, 5.74) is 4.91. The van der Waals surface area contributed by atoms with Crippen LogP contribution in [0.4, 0.5) is 4.79 Å². The molecule has 4 rings (SSSR count). The van der Waals surface area contributed by atoms with Crippen molar-refractivity contribution in [3.8, 4) is 11.1 Å². The number of alkyl carbamates (subject to hydrolysis) is 1. The molecule has 0 unspecified atom stereocenters. The molecule has 1 heterocycles. The van der Waals surface area contributed by atoms with Crippen molar-refractivity contribution in [2.45, 2.75) is 19.3 Å². The van der Waals surface area contributed by atoms with Crippen LogP contribution in [0.15, 0.2) is 66.7 Å². The number of amides is 1. The molecule has 0 aliphatic heterocycles. The zero-order chi connectivity index (χ0) is 19.3. The summed E-state index contributed by atoms with van der Waals surface area (Å²) in [5.74, 6) is 0.0901. The van der Waals surface area contributed by atoms with E-state index in [-0.39, 0.29) is 12.0 Å². The van der Waals surface area contributed by atoms with E-state index in [0.717, 1.165) is 6.42 Å². The lowest BCUT2D eigenvalue weighted by molar-refractivity contribution is 0.144. The topological polar surface area (TPSA) is 38.3 Å². The summed E-state index contributed by atoms with van der Waals surface area (Å²) in [6, 6.07) is 20.9. The quantitative estimate of drug-likeness (QED) is 0.573. The van der Waals surface area contributed by atoms with Crippen LogP contribution in [0.2, 0.25) is 0 Å². The van der Waals surface area contributed by atoms with Gasteiger partial charge in [-0.25, -0.2) is 4.79 Å². The molecule has 0 saturated heterocycles. The smallest absolute Gasteiger partial charge is 0.407 e. The lowest BCUT2D eigenvalue weighted by atomic mass is 9.98. The molecule has 0 saturated carbocycles. The second-order valence-electron chi connectivity index (χ2n) is 6.77. The van der Waals surface area contributed by atoms with E-state index in [1.165, 1.54) is 32.0 Å². The third kappa shape index (κ3) is 3.87. The second-order valence-corrected chi connectivity index (χ2v) is 7.97. The molecule has 0 fully saturated rings. The number of carbonyl (C=O) groups is 1. The summed E-state index contributed by atoms with van der Waals surface area (Å²) in [4.78, 5) is 14.7. The highest BCUT2D eigenvalue weighted by atomic mass is 32.1. The van der Waals surface area contributed by atoms with Crippen LogP contribution >= 0.6 is 11.3 Å².